The third-order valence-corrected chi connectivity index (χ3v) is 5.07. The highest BCUT2D eigenvalue weighted by molar-refractivity contribution is 5.78. The van der Waals surface area contributed by atoms with Gasteiger partial charge in [-0.05, 0) is 30.9 Å². The third-order valence-electron chi connectivity index (χ3n) is 5.07. The summed E-state index contributed by atoms with van der Waals surface area (Å²) in [7, 11) is 0. The molecule has 1 heterocycles. The normalized spacial score (nSPS) is 17.0. The summed E-state index contributed by atoms with van der Waals surface area (Å²) in [6.07, 6.45) is 2.04. The first-order valence-corrected chi connectivity index (χ1v) is 9.54. The van der Waals surface area contributed by atoms with Crippen molar-refractivity contribution in [2.75, 3.05) is 19.6 Å². The molecule has 3 rings (SSSR count). The number of nitrogens with one attached hydrogen (secondary N) is 2. The molecule has 0 radical (unpaired) electrons. The Kier molecular flexibility index (Phi) is 6.81. The first kappa shape index (κ1) is 18.6. The summed E-state index contributed by atoms with van der Waals surface area (Å²) in [6.45, 7) is 5.52. The molecule has 1 fully saturated rings. The Labute approximate surface area is 156 Å². The van der Waals surface area contributed by atoms with Crippen LogP contribution in [0.2, 0.25) is 0 Å². The summed E-state index contributed by atoms with van der Waals surface area (Å²) in [6, 6.07) is 21.3. The molecule has 2 N–H and O–H groups in total. The standard InChI is InChI=1S/C22H29N3O/c1-18(20-10-6-3-7-11-20)23-16-22(26)24-21-12-14-25(15-13-21)17-19-8-4-2-5-9-19/h2-11,18,21,23H,12-17H2,1H3,(H,24,26)/t18-/m1/s1. The fourth-order valence-electron chi connectivity index (χ4n) is 3.46. The molecule has 4 heteroatoms. The summed E-state index contributed by atoms with van der Waals surface area (Å²) in [5.74, 6) is 0.0919. The highest BCUT2D eigenvalue weighted by Gasteiger charge is 2.20. The average Bonchev–Trinajstić information content (AvgIpc) is 2.69. The lowest BCUT2D eigenvalue weighted by atomic mass is 10.0. The van der Waals surface area contributed by atoms with E-state index in [4.69, 9.17) is 0 Å². The molecule has 0 spiro atoms. The molecule has 1 saturated heterocycles. The van der Waals surface area contributed by atoms with Crippen molar-refractivity contribution in [3.8, 4) is 0 Å². The first-order valence-electron chi connectivity index (χ1n) is 9.54. The third kappa shape index (κ3) is 5.68. The predicted octanol–water partition coefficient (Wildman–Crippen LogP) is 3.12. The van der Waals surface area contributed by atoms with Gasteiger partial charge in [-0.3, -0.25) is 9.69 Å². The second-order valence-corrected chi connectivity index (χ2v) is 7.12. The fraction of sp³-hybridized carbons (Fsp3) is 0.409. The van der Waals surface area contributed by atoms with E-state index < -0.39 is 0 Å². The molecule has 0 aliphatic carbocycles. The van der Waals surface area contributed by atoms with Crippen LogP contribution in [0.5, 0.6) is 0 Å². The van der Waals surface area contributed by atoms with Crippen molar-refractivity contribution >= 4 is 5.91 Å². The molecule has 4 nitrogen and oxygen atoms in total. The van der Waals surface area contributed by atoms with Crippen LogP contribution in [0, 0.1) is 0 Å². The van der Waals surface area contributed by atoms with Gasteiger partial charge in [0.25, 0.3) is 0 Å². The number of carbonyl (C=O) groups is 1. The zero-order valence-electron chi connectivity index (χ0n) is 15.5. The van der Waals surface area contributed by atoms with Gasteiger partial charge in [0, 0.05) is 31.7 Å². The number of nitrogens with zero attached hydrogens (tertiary/aromatic N) is 1. The number of benzene rings is 2. The molecule has 1 aliphatic heterocycles. The summed E-state index contributed by atoms with van der Waals surface area (Å²) < 4.78 is 0. The van der Waals surface area contributed by atoms with E-state index >= 15 is 0 Å². The highest BCUT2D eigenvalue weighted by Crippen LogP contribution is 2.14. The van der Waals surface area contributed by atoms with Gasteiger partial charge in [-0.2, -0.15) is 0 Å². The van der Waals surface area contributed by atoms with Gasteiger partial charge in [0.2, 0.25) is 5.91 Å². The number of hydrogen-bond donors (Lipinski definition) is 2. The van der Waals surface area contributed by atoms with Crippen LogP contribution < -0.4 is 10.6 Å². The number of piperidine rings is 1. The number of rotatable bonds is 7. The Bertz CT molecular complexity index is 666. The predicted molar refractivity (Wildman–Crippen MR) is 106 cm³/mol. The van der Waals surface area contributed by atoms with Gasteiger partial charge in [0.1, 0.15) is 0 Å². The van der Waals surface area contributed by atoms with Crippen LogP contribution in [0.15, 0.2) is 60.7 Å². The number of carbonyl (C=O) groups excluding carboxylic acids is 1. The molecule has 0 unspecified atom stereocenters. The van der Waals surface area contributed by atoms with Gasteiger partial charge in [-0.15, -0.1) is 0 Å². The van der Waals surface area contributed by atoms with Crippen LogP contribution in [-0.2, 0) is 11.3 Å². The maximum atomic E-state index is 12.2. The molecule has 2 aromatic rings. The summed E-state index contributed by atoms with van der Waals surface area (Å²) in [4.78, 5) is 14.7. The van der Waals surface area contributed by atoms with Crippen LogP contribution >= 0.6 is 0 Å². The smallest absolute Gasteiger partial charge is 0.234 e. The van der Waals surface area contributed by atoms with Crippen LogP contribution in [-0.4, -0.2) is 36.5 Å². The fourth-order valence-corrected chi connectivity index (χ4v) is 3.46. The van der Waals surface area contributed by atoms with Crippen molar-refractivity contribution in [2.45, 2.75) is 38.4 Å². The second kappa shape index (κ2) is 9.51. The Hall–Kier alpha value is -2.17. The van der Waals surface area contributed by atoms with Crippen molar-refractivity contribution in [1.82, 2.24) is 15.5 Å². The monoisotopic (exact) mass is 351 g/mol. The minimum Gasteiger partial charge on any atom is -0.352 e. The van der Waals surface area contributed by atoms with Gasteiger partial charge in [-0.25, -0.2) is 0 Å². The number of amides is 1. The molecule has 0 saturated carbocycles. The van der Waals surface area contributed by atoms with E-state index in [1.165, 1.54) is 11.1 Å². The molecule has 138 valence electrons. The van der Waals surface area contributed by atoms with Crippen molar-refractivity contribution in [3.05, 3.63) is 71.8 Å². The average molecular weight is 351 g/mol. The molecular weight excluding hydrogens is 322 g/mol. The molecule has 1 amide bonds. The topological polar surface area (TPSA) is 44.4 Å². The van der Waals surface area contributed by atoms with Crippen molar-refractivity contribution in [3.63, 3.8) is 0 Å². The lowest BCUT2D eigenvalue weighted by Crippen LogP contribution is -2.46. The summed E-state index contributed by atoms with van der Waals surface area (Å²) in [5, 5.41) is 6.49. The van der Waals surface area contributed by atoms with Gasteiger partial charge >= 0.3 is 0 Å². The van der Waals surface area contributed by atoms with E-state index in [1.807, 2.05) is 18.2 Å². The first-order chi connectivity index (χ1) is 12.7. The van der Waals surface area contributed by atoms with E-state index in [9.17, 15) is 4.79 Å². The number of likely N-dealkylation sites (tertiary alicyclic amines) is 1. The van der Waals surface area contributed by atoms with Crippen molar-refractivity contribution in [2.24, 2.45) is 0 Å². The molecule has 0 bridgehead atoms. The largest absolute Gasteiger partial charge is 0.352 e. The SMILES string of the molecule is C[C@@H](NCC(=O)NC1CCN(Cc2ccccc2)CC1)c1ccccc1. The lowest BCUT2D eigenvalue weighted by molar-refractivity contribution is -0.121. The molecule has 1 aliphatic rings. The van der Waals surface area contributed by atoms with Crippen molar-refractivity contribution < 1.29 is 4.79 Å². The second-order valence-electron chi connectivity index (χ2n) is 7.12. The maximum absolute atomic E-state index is 12.2. The van der Waals surface area contributed by atoms with E-state index in [0.29, 0.717) is 12.6 Å². The van der Waals surface area contributed by atoms with Crippen LogP contribution in [0.25, 0.3) is 0 Å². The van der Waals surface area contributed by atoms with Gasteiger partial charge in [0.15, 0.2) is 0 Å². The molecule has 1 atom stereocenters. The Balaban J connectivity index is 1.35. The molecule has 2 aromatic carbocycles. The number of hydrogen-bond acceptors (Lipinski definition) is 3. The van der Waals surface area contributed by atoms with Crippen LogP contribution in [0.4, 0.5) is 0 Å². The highest BCUT2D eigenvalue weighted by atomic mass is 16.2. The van der Waals surface area contributed by atoms with Crippen LogP contribution in [0.1, 0.15) is 36.9 Å². The van der Waals surface area contributed by atoms with E-state index in [-0.39, 0.29) is 11.9 Å². The lowest BCUT2D eigenvalue weighted by Gasteiger charge is -2.32. The maximum Gasteiger partial charge on any atom is 0.234 e. The van der Waals surface area contributed by atoms with Gasteiger partial charge in [-0.1, -0.05) is 60.7 Å². The molecule has 0 aromatic heterocycles. The summed E-state index contributed by atoms with van der Waals surface area (Å²) >= 11 is 0. The molecular formula is C22H29N3O. The minimum absolute atomic E-state index is 0.0919. The quantitative estimate of drug-likeness (QED) is 0.806. The van der Waals surface area contributed by atoms with E-state index in [1.54, 1.807) is 0 Å². The van der Waals surface area contributed by atoms with E-state index in [0.717, 1.165) is 32.5 Å². The van der Waals surface area contributed by atoms with Crippen molar-refractivity contribution in [1.29, 1.82) is 0 Å². The zero-order chi connectivity index (χ0) is 18.2. The summed E-state index contributed by atoms with van der Waals surface area (Å²) in [5.41, 5.74) is 2.56. The minimum atomic E-state index is 0.0919. The van der Waals surface area contributed by atoms with Gasteiger partial charge < -0.3 is 10.6 Å². The van der Waals surface area contributed by atoms with Gasteiger partial charge in [0.05, 0.1) is 6.54 Å². The van der Waals surface area contributed by atoms with E-state index in [2.05, 4.69) is 64.9 Å². The Morgan fingerprint density at radius 2 is 1.65 bits per heavy atom. The van der Waals surface area contributed by atoms with Crippen LogP contribution in [0.3, 0.4) is 0 Å². The molecule has 26 heavy (non-hydrogen) atoms. The Morgan fingerprint density at radius 1 is 1.04 bits per heavy atom. The Morgan fingerprint density at radius 3 is 2.31 bits per heavy atom. The zero-order valence-corrected chi connectivity index (χ0v) is 15.5.